The van der Waals surface area contributed by atoms with E-state index in [0.717, 1.165) is 127 Å². The van der Waals surface area contributed by atoms with Crippen molar-refractivity contribution in [1.82, 2.24) is 88.6 Å². The maximum atomic E-state index is 12.1. The molecule has 5 aliphatic heterocycles. The van der Waals surface area contributed by atoms with Gasteiger partial charge in [0, 0.05) is 32.8 Å². The number of carbonyl (C=O) groups is 2. The standard InChI is InChI=1S/C24H22N6O.C15H14N6O.C15H15N3O3.C14H10N6.C10H15NO.CH4O.CH3O.2CH4.Na/c1-15-9-10-18-19(11-15)30-17(13-26-28-30)12-20-21(25-14-29(18)20)23-27-22(24(2,3)31-23)16-7-5-4-6-8-16;1-9-3-4-11-12(5-9)21-10(7-18-19-21)6-13-14(15(16)22-2)17-8-20(11)13;1-3-21-15(20)14-13-8-11(19)7-10-5-4-9(2)6-12(10)18(13)17-16-14;1-9-2-3-12-14(4-9)20-10(7-17-18-20)5-13-11(6-15)16-8-19(12)13;1-10(2,12)9(11)8-6-4-3-5-7-8;2*1-2;;;/h4-11,13-14,22H,12H2,1-3H3;3-5,7-8,16H,6H2,1-2H3;4-6H,3,7-8H2,1-2H3;2-4,7-8H,5H2,1H3;3-7,9,12H,11H2,1-2H3;2H,1H3;1H3;2*1H4;/q;;;;;;-1;;;+1/t22-;;;;9-;;;;;/m1...1...../s1. The Bertz CT molecular complexity index is 5600. The number of ketones is 1. The summed E-state index contributed by atoms with van der Waals surface area (Å²) in [5.41, 5.74) is 26.8. The van der Waals surface area contributed by atoms with E-state index in [9.17, 15) is 20.0 Å². The smallest absolute Gasteiger partial charge is 0.857 e. The van der Waals surface area contributed by atoms with Crippen LogP contribution < -0.4 is 40.4 Å². The third kappa shape index (κ3) is 17.5. The monoisotopic (exact) mass is 1530 g/mol. The Morgan fingerprint density at radius 2 is 1.11 bits per heavy atom. The zero-order valence-electron chi connectivity index (χ0n) is 63.9. The molecule has 0 aliphatic carbocycles. The van der Waals surface area contributed by atoms with Crippen molar-refractivity contribution in [3.05, 3.63) is 273 Å². The van der Waals surface area contributed by atoms with Crippen molar-refractivity contribution in [2.75, 3.05) is 27.9 Å². The minimum atomic E-state index is -0.860. The third-order valence-electron chi connectivity index (χ3n) is 18.8. The average Bonchev–Trinajstić information content (AvgIpc) is 1.60. The minimum absolute atomic E-state index is 0. The van der Waals surface area contributed by atoms with Crippen molar-refractivity contribution in [3.63, 3.8) is 0 Å². The summed E-state index contributed by atoms with van der Waals surface area (Å²) >= 11 is 0. The number of nitrogens with two attached hydrogens (primary N) is 1. The van der Waals surface area contributed by atoms with Gasteiger partial charge in [0.2, 0.25) is 11.8 Å². The molecule has 6 aromatic carbocycles. The number of carbonyl (C=O) groups excluding carboxylic acids is 2. The van der Waals surface area contributed by atoms with Gasteiger partial charge in [-0.25, -0.2) is 43.5 Å². The molecule has 12 heterocycles. The van der Waals surface area contributed by atoms with Crippen molar-refractivity contribution in [2.24, 2.45) is 10.7 Å². The van der Waals surface area contributed by atoms with E-state index in [-0.39, 0.29) is 86.9 Å². The van der Waals surface area contributed by atoms with Crippen LogP contribution in [0.1, 0.15) is 168 Å². The Hall–Kier alpha value is -12.1. The molecule has 30 nitrogen and oxygen atoms in total. The molecule has 0 amide bonds. The summed E-state index contributed by atoms with van der Waals surface area (Å²) in [5, 5.41) is 74.8. The molecule has 2 atom stereocenters. The SMILES string of the molecule is C.C.CC(C)(O)[C@H](N)c1ccccc1.CCOC(=O)c1nnn2c1CC(=O)Cc1ccc(C)cc1-2.CO.COC(=N)c1ncn2c1Cc1cnnn1-c1cc(C)ccc1-2.C[O-].Cc1ccc2c(c1)-n1nncc1Cc1c(C#N)ncn1-2.Cc1ccc2c(c1)-n1nncc1Cc1c(C3=N[C@H](c4ccccc4)C(C)(C)O3)ncn1-2.[Na+]. The van der Waals surface area contributed by atoms with Crippen LogP contribution in [0.4, 0.5) is 0 Å². The zero-order chi connectivity index (χ0) is 78.3. The van der Waals surface area contributed by atoms with Crippen LogP contribution >= 0.6 is 0 Å². The molecule has 0 radical (unpaired) electrons. The molecule has 13 aromatic rings. The summed E-state index contributed by atoms with van der Waals surface area (Å²) in [4.78, 5) is 42.3. The Labute approximate surface area is 677 Å². The van der Waals surface area contributed by atoms with Gasteiger partial charge >= 0.3 is 35.5 Å². The van der Waals surface area contributed by atoms with Crippen molar-refractivity contribution < 1.29 is 68.7 Å². The fraction of sp³-hybridized carbons (Fsp3) is 0.293. The number of aryl methyl sites for hydroxylation is 4. The summed E-state index contributed by atoms with van der Waals surface area (Å²) in [5.74, 6) is 0.139. The van der Waals surface area contributed by atoms with Crippen LogP contribution in [-0.2, 0) is 51.1 Å². The summed E-state index contributed by atoms with van der Waals surface area (Å²) in [6.07, 6.45) is 12.8. The van der Waals surface area contributed by atoms with Gasteiger partial charge in [-0.3, -0.25) is 23.9 Å². The number of fused-ring (bicyclic) bond motifs is 18. The average molecular weight is 1540 g/mol. The van der Waals surface area contributed by atoms with Gasteiger partial charge in [-0.1, -0.05) is 127 Å². The number of rotatable bonds is 7. The number of aromatic nitrogens is 18. The Morgan fingerprint density at radius 1 is 0.637 bits per heavy atom. The summed E-state index contributed by atoms with van der Waals surface area (Å²) < 4.78 is 29.6. The number of nitriles is 1. The van der Waals surface area contributed by atoms with E-state index >= 15 is 0 Å². The Kier molecular flexibility index (Phi) is 27.3. The fourth-order valence-corrected chi connectivity index (χ4v) is 13.5. The van der Waals surface area contributed by atoms with E-state index in [1.54, 1.807) is 50.5 Å². The van der Waals surface area contributed by atoms with E-state index in [4.69, 9.17) is 45.5 Å². The number of hydrogen-bond acceptors (Lipinski definition) is 23. The second-order valence-electron chi connectivity index (χ2n) is 27.3. The van der Waals surface area contributed by atoms with Crippen LogP contribution in [0.3, 0.4) is 0 Å². The van der Waals surface area contributed by atoms with Crippen LogP contribution in [0, 0.1) is 44.4 Å². The van der Waals surface area contributed by atoms with Crippen LogP contribution in [0.15, 0.2) is 176 Å². The molecule has 0 saturated carbocycles. The second-order valence-corrected chi connectivity index (χ2v) is 27.3. The minimum Gasteiger partial charge on any atom is -0.857 e. The molecule has 5 aliphatic rings. The van der Waals surface area contributed by atoms with E-state index in [2.05, 4.69) is 125 Å². The Morgan fingerprint density at radius 3 is 1.62 bits per heavy atom. The van der Waals surface area contributed by atoms with Crippen molar-refractivity contribution >= 4 is 23.5 Å². The first-order valence-electron chi connectivity index (χ1n) is 35.3. The Balaban J connectivity index is 0.000000163. The normalized spacial score (nSPS) is 13.6. The first kappa shape index (κ1) is 84.9. The number of aliphatic hydroxyl groups is 2. The molecule has 31 heteroatoms. The maximum Gasteiger partial charge on any atom is 1.00 e. The molecular weight excluding hydrogens is 1440 g/mol. The molecule has 0 fully saturated rings. The molecule has 0 bridgehead atoms. The number of benzene rings is 6. The van der Waals surface area contributed by atoms with Crippen LogP contribution in [0.2, 0.25) is 0 Å². The fourth-order valence-electron chi connectivity index (χ4n) is 13.5. The molecule has 578 valence electrons. The van der Waals surface area contributed by atoms with Crippen molar-refractivity contribution in [3.8, 4) is 45.9 Å². The number of aliphatic hydroxyl groups excluding tert-OH is 1. The number of esters is 1. The van der Waals surface area contributed by atoms with E-state index in [1.807, 2.05) is 147 Å². The van der Waals surface area contributed by atoms with Gasteiger partial charge in [0.25, 0.3) is 0 Å². The van der Waals surface area contributed by atoms with Gasteiger partial charge in [-0.2, -0.15) is 12.4 Å². The molecule has 18 rings (SSSR count). The largest absolute Gasteiger partial charge is 1.00 e. The van der Waals surface area contributed by atoms with Crippen molar-refractivity contribution in [2.45, 2.75) is 133 Å². The first-order chi connectivity index (χ1) is 53.1. The molecule has 0 unspecified atom stereocenters. The number of nitrogens with one attached hydrogen (secondary N) is 1. The van der Waals surface area contributed by atoms with Crippen LogP contribution in [0.5, 0.6) is 0 Å². The zero-order valence-corrected chi connectivity index (χ0v) is 65.9. The summed E-state index contributed by atoms with van der Waals surface area (Å²) in [7, 11) is 3.23. The first-order valence-corrected chi connectivity index (χ1v) is 35.3. The number of ether oxygens (including phenoxy) is 3. The van der Waals surface area contributed by atoms with Gasteiger partial charge < -0.3 is 35.3 Å². The molecule has 0 saturated heterocycles. The molecule has 5 N–H and O–H groups in total. The predicted octanol–water partition coefficient (Wildman–Crippen LogP) is 6.88. The topological polar surface area (TPSA) is 388 Å². The van der Waals surface area contributed by atoms with Crippen LogP contribution in [0.25, 0.3) is 39.8 Å². The molecule has 0 spiro atoms. The number of methoxy groups -OCH3 is 1. The van der Waals surface area contributed by atoms with Gasteiger partial charge in [0.05, 0.1) is 130 Å². The number of aliphatic imine (C=N–C) groups is 1. The van der Waals surface area contributed by atoms with Crippen molar-refractivity contribution in [1.29, 1.82) is 10.7 Å². The van der Waals surface area contributed by atoms with Gasteiger partial charge in [-0.15, -0.1) is 20.4 Å². The van der Waals surface area contributed by atoms with Crippen LogP contribution in [-0.4, -0.2) is 162 Å². The van der Waals surface area contributed by atoms with E-state index in [0.29, 0.717) is 48.7 Å². The molecule has 7 aromatic heterocycles. The van der Waals surface area contributed by atoms with E-state index in [1.165, 1.54) is 12.7 Å². The third-order valence-corrected chi connectivity index (χ3v) is 18.8. The second kappa shape index (κ2) is 36.4. The number of hydrogen-bond donors (Lipinski definition) is 4. The van der Waals surface area contributed by atoms with Gasteiger partial charge in [0.1, 0.15) is 53.9 Å². The molecular formula is C82H91N22NaO8. The quantitative estimate of drug-likeness (QED) is 0.0547. The number of imidazole rings is 3. The summed E-state index contributed by atoms with van der Waals surface area (Å²) in [6, 6.07) is 46.1. The van der Waals surface area contributed by atoms with E-state index < -0.39 is 17.2 Å². The predicted molar refractivity (Wildman–Crippen MR) is 419 cm³/mol. The molecule has 113 heavy (non-hydrogen) atoms. The maximum absolute atomic E-state index is 12.1. The van der Waals surface area contributed by atoms with Gasteiger partial charge in [-0.05, 0) is 144 Å². The number of nitrogens with zero attached hydrogens (tertiary/aromatic N) is 20. The number of Topliss-reactive ketones (excluding diaryl/α,β-unsaturated/α-hetero) is 1. The summed E-state index contributed by atoms with van der Waals surface area (Å²) in [6.45, 7) is 17.7. The van der Waals surface area contributed by atoms with Gasteiger partial charge in [0.15, 0.2) is 11.4 Å².